The van der Waals surface area contributed by atoms with E-state index in [1.54, 1.807) is 25.0 Å². The highest BCUT2D eigenvalue weighted by molar-refractivity contribution is 5.95. The Morgan fingerprint density at radius 2 is 1.71 bits per heavy atom. The lowest BCUT2D eigenvalue weighted by atomic mass is 10.1. The summed E-state index contributed by atoms with van der Waals surface area (Å²) in [7, 11) is 1.60. The van der Waals surface area contributed by atoms with Gasteiger partial charge in [0, 0.05) is 37.9 Å². The van der Waals surface area contributed by atoms with Crippen molar-refractivity contribution in [1.82, 2.24) is 15.1 Å². The fourth-order valence-electron chi connectivity index (χ4n) is 3.89. The number of benzene rings is 2. The Kier molecular flexibility index (Phi) is 9.03. The molecule has 0 aliphatic carbocycles. The van der Waals surface area contributed by atoms with Gasteiger partial charge in [0.15, 0.2) is 0 Å². The summed E-state index contributed by atoms with van der Waals surface area (Å²) in [6.07, 6.45) is 3.10. The fourth-order valence-corrected chi connectivity index (χ4v) is 3.89. The molecule has 2 aromatic carbocycles. The molecule has 2 aromatic rings. The smallest absolute Gasteiger partial charge is 0.244 e. The lowest BCUT2D eigenvalue weighted by molar-refractivity contribution is -0.136. The summed E-state index contributed by atoms with van der Waals surface area (Å²) in [4.78, 5) is 41.3. The Hall–Kier alpha value is -3.65. The Bertz CT molecular complexity index is 1070. The van der Waals surface area contributed by atoms with E-state index in [4.69, 9.17) is 4.74 Å². The number of anilines is 1. The minimum Gasteiger partial charge on any atom is -0.497 e. The van der Waals surface area contributed by atoms with Gasteiger partial charge in [0.05, 0.1) is 13.7 Å². The summed E-state index contributed by atoms with van der Waals surface area (Å²) in [6, 6.07) is 12.5. The molecule has 0 saturated carbocycles. The minimum absolute atomic E-state index is 0.0669. The molecular formula is C27H34N4O4. The molecule has 1 aliphatic rings. The molecule has 8 heteroatoms. The van der Waals surface area contributed by atoms with Crippen LogP contribution < -0.4 is 15.4 Å². The average Bonchev–Trinajstić information content (AvgIpc) is 2.86. The normalized spacial score (nSPS) is 15.0. The molecule has 3 amide bonds. The van der Waals surface area contributed by atoms with Crippen LogP contribution in [0.3, 0.4) is 0 Å². The van der Waals surface area contributed by atoms with Gasteiger partial charge in [-0.1, -0.05) is 24.3 Å². The number of nitrogens with one attached hydrogen (secondary N) is 2. The molecule has 1 heterocycles. The van der Waals surface area contributed by atoms with Gasteiger partial charge in [-0.25, -0.2) is 0 Å². The number of amides is 3. The number of nitrogens with zero attached hydrogens (tertiary/aromatic N) is 2. The van der Waals surface area contributed by atoms with Gasteiger partial charge in [-0.2, -0.15) is 0 Å². The average molecular weight is 479 g/mol. The van der Waals surface area contributed by atoms with Gasteiger partial charge >= 0.3 is 0 Å². The van der Waals surface area contributed by atoms with Crippen molar-refractivity contribution in [3.63, 3.8) is 0 Å². The third-order valence-corrected chi connectivity index (χ3v) is 6.20. The molecule has 35 heavy (non-hydrogen) atoms. The largest absolute Gasteiger partial charge is 0.497 e. The van der Waals surface area contributed by atoms with E-state index in [-0.39, 0.29) is 24.3 Å². The Balaban J connectivity index is 1.42. The van der Waals surface area contributed by atoms with Gasteiger partial charge in [-0.05, 0) is 61.7 Å². The van der Waals surface area contributed by atoms with E-state index < -0.39 is 6.04 Å². The molecule has 186 valence electrons. The quantitative estimate of drug-likeness (QED) is 0.569. The predicted octanol–water partition coefficient (Wildman–Crippen LogP) is 2.61. The second-order valence-electron chi connectivity index (χ2n) is 8.73. The molecule has 1 aliphatic heterocycles. The molecule has 1 atom stereocenters. The summed E-state index contributed by atoms with van der Waals surface area (Å²) >= 11 is 0. The van der Waals surface area contributed by atoms with Crippen LogP contribution in [0.1, 0.15) is 23.6 Å². The SMILES string of the molecule is COc1ccc(/C=C/C(=O)NC(C)C(=O)N2CCN(CC(=O)Nc3cccc(C)c3C)CC2)cc1. The van der Waals surface area contributed by atoms with Crippen LogP contribution in [0.15, 0.2) is 48.5 Å². The first-order valence-corrected chi connectivity index (χ1v) is 11.8. The second kappa shape index (κ2) is 12.2. The maximum atomic E-state index is 12.8. The van der Waals surface area contributed by atoms with E-state index in [0.717, 1.165) is 28.1 Å². The summed E-state index contributed by atoms with van der Waals surface area (Å²) in [6.45, 7) is 8.19. The zero-order valence-electron chi connectivity index (χ0n) is 20.8. The van der Waals surface area contributed by atoms with Crippen molar-refractivity contribution in [3.8, 4) is 5.75 Å². The Morgan fingerprint density at radius 3 is 2.37 bits per heavy atom. The summed E-state index contributed by atoms with van der Waals surface area (Å²) in [5, 5.41) is 5.71. The van der Waals surface area contributed by atoms with Gasteiger partial charge in [-0.3, -0.25) is 19.3 Å². The fraction of sp³-hybridized carbons (Fsp3) is 0.370. The highest BCUT2D eigenvalue weighted by Crippen LogP contribution is 2.18. The van der Waals surface area contributed by atoms with Crippen molar-refractivity contribution in [2.24, 2.45) is 0 Å². The molecule has 0 spiro atoms. The summed E-state index contributed by atoms with van der Waals surface area (Å²) in [5.41, 5.74) is 3.88. The van der Waals surface area contributed by atoms with E-state index in [9.17, 15) is 14.4 Å². The van der Waals surface area contributed by atoms with E-state index in [1.165, 1.54) is 6.08 Å². The van der Waals surface area contributed by atoms with Gasteiger partial charge in [0.1, 0.15) is 11.8 Å². The molecule has 0 bridgehead atoms. The molecule has 3 rings (SSSR count). The van der Waals surface area contributed by atoms with E-state index in [0.29, 0.717) is 26.2 Å². The number of rotatable bonds is 8. The second-order valence-corrected chi connectivity index (χ2v) is 8.73. The highest BCUT2D eigenvalue weighted by atomic mass is 16.5. The zero-order chi connectivity index (χ0) is 25.4. The first kappa shape index (κ1) is 26.0. The number of carbonyl (C=O) groups excluding carboxylic acids is 3. The Labute approximate surface area is 206 Å². The van der Waals surface area contributed by atoms with Crippen molar-refractivity contribution >= 4 is 29.5 Å². The number of aryl methyl sites for hydroxylation is 1. The van der Waals surface area contributed by atoms with Crippen LogP contribution in [-0.2, 0) is 14.4 Å². The van der Waals surface area contributed by atoms with Crippen LogP contribution in [0.2, 0.25) is 0 Å². The minimum atomic E-state index is -0.637. The Morgan fingerprint density at radius 1 is 1.03 bits per heavy atom. The number of hydrogen-bond donors (Lipinski definition) is 2. The van der Waals surface area contributed by atoms with Crippen molar-refractivity contribution in [2.75, 3.05) is 45.2 Å². The topological polar surface area (TPSA) is 91.0 Å². The van der Waals surface area contributed by atoms with Crippen LogP contribution >= 0.6 is 0 Å². The molecule has 1 fully saturated rings. The lowest BCUT2D eigenvalue weighted by Gasteiger charge is -2.35. The summed E-state index contributed by atoms with van der Waals surface area (Å²) < 4.78 is 5.12. The molecule has 1 saturated heterocycles. The number of ether oxygens (including phenoxy) is 1. The molecule has 8 nitrogen and oxygen atoms in total. The molecule has 1 unspecified atom stereocenters. The molecule has 0 radical (unpaired) electrons. The van der Waals surface area contributed by atoms with Crippen molar-refractivity contribution in [1.29, 1.82) is 0 Å². The first-order chi connectivity index (χ1) is 16.8. The number of methoxy groups -OCH3 is 1. The molecule has 2 N–H and O–H groups in total. The zero-order valence-corrected chi connectivity index (χ0v) is 20.8. The van der Waals surface area contributed by atoms with Crippen LogP contribution in [0, 0.1) is 13.8 Å². The van der Waals surface area contributed by atoms with E-state index >= 15 is 0 Å². The maximum Gasteiger partial charge on any atom is 0.244 e. The third-order valence-electron chi connectivity index (χ3n) is 6.20. The van der Waals surface area contributed by atoms with Crippen molar-refractivity contribution in [2.45, 2.75) is 26.8 Å². The van der Waals surface area contributed by atoms with Crippen LogP contribution in [0.5, 0.6) is 5.75 Å². The molecule has 0 aromatic heterocycles. The highest BCUT2D eigenvalue weighted by Gasteiger charge is 2.26. The standard InChI is InChI=1S/C27H34N4O4/c1-19-6-5-7-24(20(19)2)29-26(33)18-30-14-16-31(17-15-30)27(34)21(3)28-25(32)13-10-22-8-11-23(35-4)12-9-22/h5-13,21H,14-18H2,1-4H3,(H,28,32)(H,29,33)/b13-10+. The monoisotopic (exact) mass is 478 g/mol. The van der Waals surface area contributed by atoms with Gasteiger partial charge in [0.25, 0.3) is 0 Å². The van der Waals surface area contributed by atoms with Gasteiger partial charge in [0.2, 0.25) is 17.7 Å². The number of hydrogen-bond acceptors (Lipinski definition) is 5. The summed E-state index contributed by atoms with van der Waals surface area (Å²) in [5.74, 6) is 0.217. The van der Waals surface area contributed by atoms with Crippen LogP contribution in [0.4, 0.5) is 5.69 Å². The number of carbonyl (C=O) groups is 3. The lowest BCUT2D eigenvalue weighted by Crippen LogP contribution is -2.54. The van der Waals surface area contributed by atoms with Crippen molar-refractivity contribution < 1.29 is 19.1 Å². The predicted molar refractivity (Wildman–Crippen MR) is 137 cm³/mol. The van der Waals surface area contributed by atoms with Crippen molar-refractivity contribution in [3.05, 3.63) is 65.2 Å². The van der Waals surface area contributed by atoms with Gasteiger partial charge < -0.3 is 20.3 Å². The van der Waals surface area contributed by atoms with Crippen LogP contribution in [-0.4, -0.2) is 73.4 Å². The molecular weight excluding hydrogens is 444 g/mol. The third kappa shape index (κ3) is 7.42. The van der Waals surface area contributed by atoms with E-state index in [2.05, 4.69) is 10.6 Å². The maximum absolute atomic E-state index is 12.8. The van der Waals surface area contributed by atoms with Crippen LogP contribution in [0.25, 0.3) is 6.08 Å². The van der Waals surface area contributed by atoms with E-state index in [1.807, 2.05) is 61.2 Å². The first-order valence-electron chi connectivity index (χ1n) is 11.8. The number of piperazine rings is 1. The van der Waals surface area contributed by atoms with Gasteiger partial charge in [-0.15, -0.1) is 0 Å².